The minimum atomic E-state index is -1.08. The predicted octanol–water partition coefficient (Wildman–Crippen LogP) is 4.70. The first-order valence-corrected chi connectivity index (χ1v) is 11.1. The molecule has 2 atom stereocenters. The normalized spacial score (nSPS) is 17.1. The average Bonchev–Trinajstić information content (AvgIpc) is 3.21. The fourth-order valence-electron chi connectivity index (χ4n) is 2.94. The Morgan fingerprint density at radius 3 is 2.55 bits per heavy atom. The van der Waals surface area contributed by atoms with Crippen LogP contribution in [0, 0.1) is 0 Å². The van der Waals surface area contributed by atoms with Crippen LogP contribution in [0.5, 0.6) is 0 Å². The van der Waals surface area contributed by atoms with Crippen molar-refractivity contribution in [3.63, 3.8) is 0 Å². The van der Waals surface area contributed by atoms with Crippen molar-refractivity contribution in [1.82, 2.24) is 10.3 Å². The number of carbonyl (C=O) groups excluding carboxylic acids is 2. The summed E-state index contributed by atoms with van der Waals surface area (Å²) in [4.78, 5) is 34.2. The molecule has 7 nitrogen and oxygen atoms in total. The number of halogens is 2. The number of benzene rings is 1. The van der Waals surface area contributed by atoms with Gasteiger partial charge in [0.1, 0.15) is 6.04 Å². The molecule has 0 aliphatic carbocycles. The van der Waals surface area contributed by atoms with Crippen LogP contribution in [0.15, 0.2) is 46.0 Å². The minimum Gasteiger partial charge on any atom is -0.460 e. The van der Waals surface area contributed by atoms with Gasteiger partial charge in [-0.3, -0.25) is 4.99 Å². The third-order valence-electron chi connectivity index (χ3n) is 4.32. The first-order chi connectivity index (χ1) is 14.7. The maximum atomic E-state index is 13.1. The molecule has 1 aliphatic heterocycles. The standard InChI is InChI=1S/C21H21Cl2N3O4S/c1-10(2)29-20(27)12(4)30-21(28)16-11(3)25-18(19-24-7-8-31-19)26-17(16)14-6-5-13(22)9-15(14)23/h5-10,12,17H,1-4H3,(H,25,26)/t12-,17+/m1/s1. The number of ether oxygens (including phenoxy) is 2. The van der Waals surface area contributed by atoms with Gasteiger partial charge in [0.15, 0.2) is 16.9 Å². The highest BCUT2D eigenvalue weighted by Crippen LogP contribution is 2.37. The van der Waals surface area contributed by atoms with Crippen molar-refractivity contribution in [3.05, 3.63) is 61.7 Å². The van der Waals surface area contributed by atoms with Gasteiger partial charge in [-0.05, 0) is 39.8 Å². The van der Waals surface area contributed by atoms with E-state index in [0.29, 0.717) is 32.1 Å². The number of aliphatic imine (C=N–C) groups is 1. The second-order valence-electron chi connectivity index (χ2n) is 7.08. The summed E-state index contributed by atoms with van der Waals surface area (Å²) in [6.45, 7) is 6.63. The zero-order chi connectivity index (χ0) is 22.7. The van der Waals surface area contributed by atoms with Crippen LogP contribution in [-0.4, -0.2) is 35.0 Å². The number of aromatic nitrogens is 1. The monoisotopic (exact) mass is 481 g/mol. The second kappa shape index (κ2) is 9.80. The Labute approximate surface area is 194 Å². The summed E-state index contributed by atoms with van der Waals surface area (Å²) in [6, 6.07) is 4.19. The zero-order valence-corrected chi connectivity index (χ0v) is 19.6. The fourth-order valence-corrected chi connectivity index (χ4v) is 4.04. The van der Waals surface area contributed by atoms with Crippen LogP contribution in [-0.2, 0) is 19.1 Å². The number of nitrogens with one attached hydrogen (secondary N) is 1. The van der Waals surface area contributed by atoms with Crippen LogP contribution in [0.25, 0.3) is 0 Å². The topological polar surface area (TPSA) is 89.9 Å². The Morgan fingerprint density at radius 1 is 1.19 bits per heavy atom. The van der Waals surface area contributed by atoms with Gasteiger partial charge in [0, 0.05) is 32.9 Å². The van der Waals surface area contributed by atoms with Crippen LogP contribution in [0.2, 0.25) is 10.0 Å². The smallest absolute Gasteiger partial charge is 0.347 e. The van der Waals surface area contributed by atoms with Crippen molar-refractivity contribution >= 4 is 52.3 Å². The van der Waals surface area contributed by atoms with Gasteiger partial charge in [-0.15, -0.1) is 11.3 Å². The Morgan fingerprint density at radius 2 is 1.94 bits per heavy atom. The second-order valence-corrected chi connectivity index (χ2v) is 8.82. The Balaban J connectivity index is 1.97. The first kappa shape index (κ1) is 23.2. The quantitative estimate of drug-likeness (QED) is 0.601. The summed E-state index contributed by atoms with van der Waals surface area (Å²) in [5.41, 5.74) is 1.32. The van der Waals surface area contributed by atoms with E-state index in [1.54, 1.807) is 45.2 Å². The lowest BCUT2D eigenvalue weighted by molar-refractivity contribution is -0.167. The maximum Gasteiger partial charge on any atom is 0.347 e. The van der Waals surface area contributed by atoms with E-state index < -0.39 is 24.1 Å². The molecule has 2 heterocycles. The highest BCUT2D eigenvalue weighted by Gasteiger charge is 2.34. The maximum absolute atomic E-state index is 13.1. The van der Waals surface area contributed by atoms with Gasteiger partial charge in [-0.2, -0.15) is 0 Å². The molecule has 164 valence electrons. The molecule has 2 aromatic rings. The summed E-state index contributed by atoms with van der Waals surface area (Å²) in [7, 11) is 0. The van der Waals surface area contributed by atoms with Crippen LogP contribution < -0.4 is 5.32 Å². The van der Waals surface area contributed by atoms with E-state index in [2.05, 4.69) is 15.3 Å². The molecule has 0 spiro atoms. The van der Waals surface area contributed by atoms with E-state index in [0.717, 1.165) is 0 Å². The predicted molar refractivity (Wildman–Crippen MR) is 120 cm³/mol. The molecule has 0 radical (unpaired) electrons. The molecular weight excluding hydrogens is 461 g/mol. The van der Waals surface area contributed by atoms with Crippen molar-refractivity contribution in [2.75, 3.05) is 0 Å². The molecule has 0 amide bonds. The molecule has 0 bridgehead atoms. The van der Waals surface area contributed by atoms with Gasteiger partial charge < -0.3 is 14.8 Å². The molecule has 0 saturated carbocycles. The molecule has 10 heteroatoms. The number of rotatable bonds is 6. The molecule has 1 aromatic carbocycles. The number of nitrogens with zero attached hydrogens (tertiary/aromatic N) is 2. The highest BCUT2D eigenvalue weighted by molar-refractivity contribution is 7.11. The van der Waals surface area contributed by atoms with Gasteiger partial charge in [0.05, 0.1) is 11.7 Å². The van der Waals surface area contributed by atoms with E-state index in [9.17, 15) is 9.59 Å². The van der Waals surface area contributed by atoms with Gasteiger partial charge in [0.25, 0.3) is 0 Å². The number of allylic oxidation sites excluding steroid dienone is 1. The molecule has 3 rings (SSSR count). The Bertz CT molecular complexity index is 1050. The molecule has 0 unspecified atom stereocenters. The van der Waals surface area contributed by atoms with E-state index in [1.165, 1.54) is 18.3 Å². The van der Waals surface area contributed by atoms with Gasteiger partial charge >= 0.3 is 11.9 Å². The van der Waals surface area contributed by atoms with E-state index in [-0.39, 0.29) is 11.7 Å². The van der Waals surface area contributed by atoms with Crippen molar-refractivity contribution in [3.8, 4) is 0 Å². The van der Waals surface area contributed by atoms with Crippen LogP contribution in [0.1, 0.15) is 44.3 Å². The van der Waals surface area contributed by atoms with E-state index >= 15 is 0 Å². The summed E-state index contributed by atoms with van der Waals surface area (Å²) in [6.07, 6.45) is 0.261. The van der Waals surface area contributed by atoms with Crippen molar-refractivity contribution in [2.45, 2.75) is 45.9 Å². The summed E-state index contributed by atoms with van der Waals surface area (Å²) >= 11 is 13.9. The first-order valence-electron chi connectivity index (χ1n) is 9.49. The average molecular weight is 482 g/mol. The van der Waals surface area contributed by atoms with Crippen LogP contribution in [0.3, 0.4) is 0 Å². The van der Waals surface area contributed by atoms with Crippen molar-refractivity contribution in [2.24, 2.45) is 4.99 Å². The SMILES string of the molecule is CC1=C(C(=O)O[C@H](C)C(=O)OC(C)C)[C@H](c2ccc(Cl)cc2Cl)N=C(c2nccs2)N1. The third-order valence-corrected chi connectivity index (χ3v) is 5.66. The number of amidine groups is 1. The molecule has 1 aromatic heterocycles. The third kappa shape index (κ3) is 5.44. The van der Waals surface area contributed by atoms with E-state index in [4.69, 9.17) is 32.7 Å². The molecular formula is C21H21Cl2N3O4S. The summed E-state index contributed by atoms with van der Waals surface area (Å²) in [5.74, 6) is -0.818. The minimum absolute atomic E-state index is 0.230. The highest BCUT2D eigenvalue weighted by atomic mass is 35.5. The number of hydrogen-bond acceptors (Lipinski definition) is 8. The zero-order valence-electron chi connectivity index (χ0n) is 17.3. The number of carbonyl (C=O) groups is 2. The van der Waals surface area contributed by atoms with Crippen molar-refractivity contribution in [1.29, 1.82) is 0 Å². The fraction of sp³-hybridized carbons (Fsp3) is 0.333. The Hall–Kier alpha value is -2.42. The lowest BCUT2D eigenvalue weighted by atomic mass is 9.96. The molecule has 1 N–H and O–H groups in total. The molecule has 0 fully saturated rings. The van der Waals surface area contributed by atoms with Gasteiger partial charge in [0.2, 0.25) is 0 Å². The van der Waals surface area contributed by atoms with Crippen LogP contribution >= 0.6 is 34.5 Å². The Kier molecular flexibility index (Phi) is 7.35. The number of thiazole rings is 1. The lowest BCUT2D eigenvalue weighted by Gasteiger charge is -2.27. The summed E-state index contributed by atoms with van der Waals surface area (Å²) in [5, 5.41) is 6.41. The largest absolute Gasteiger partial charge is 0.460 e. The van der Waals surface area contributed by atoms with E-state index in [1.807, 2.05) is 5.38 Å². The number of hydrogen-bond donors (Lipinski definition) is 1. The van der Waals surface area contributed by atoms with Crippen LogP contribution in [0.4, 0.5) is 0 Å². The molecule has 1 aliphatic rings. The van der Waals surface area contributed by atoms with Gasteiger partial charge in [-0.1, -0.05) is 29.3 Å². The molecule has 31 heavy (non-hydrogen) atoms. The van der Waals surface area contributed by atoms with Gasteiger partial charge in [-0.25, -0.2) is 14.6 Å². The lowest BCUT2D eigenvalue weighted by Crippen LogP contribution is -2.35. The van der Waals surface area contributed by atoms with Crippen molar-refractivity contribution < 1.29 is 19.1 Å². The summed E-state index contributed by atoms with van der Waals surface area (Å²) < 4.78 is 10.5. The molecule has 0 saturated heterocycles. The number of esters is 2.